The highest BCUT2D eigenvalue weighted by atomic mass is 35.5. The second-order valence-corrected chi connectivity index (χ2v) is 7.09. The van der Waals surface area contributed by atoms with E-state index in [1.807, 2.05) is 0 Å². The highest BCUT2D eigenvalue weighted by Crippen LogP contribution is 2.38. The van der Waals surface area contributed by atoms with Crippen LogP contribution < -0.4 is 5.32 Å². The average Bonchev–Trinajstić information content (AvgIpc) is 2.73. The Hall–Kier alpha value is -0.860. The van der Waals surface area contributed by atoms with E-state index in [0.29, 0.717) is 41.4 Å². The van der Waals surface area contributed by atoms with Crippen LogP contribution in [-0.4, -0.2) is 38.7 Å². The van der Waals surface area contributed by atoms with Crippen LogP contribution in [0.1, 0.15) is 25.0 Å². The summed E-state index contributed by atoms with van der Waals surface area (Å²) in [5.74, 6) is 0.873. The first-order chi connectivity index (χ1) is 9.99. The number of nitrogens with zero attached hydrogens (tertiary/aromatic N) is 2. The van der Waals surface area contributed by atoms with Crippen LogP contribution in [0.4, 0.5) is 14.6 Å². The van der Waals surface area contributed by atoms with Gasteiger partial charge >= 0.3 is 6.61 Å². The van der Waals surface area contributed by atoms with Crippen LogP contribution in [0.5, 0.6) is 0 Å². The Morgan fingerprint density at radius 1 is 1.43 bits per heavy atom. The first-order valence-electron chi connectivity index (χ1n) is 6.62. The third kappa shape index (κ3) is 3.02. The quantitative estimate of drug-likeness (QED) is 0.836. The average molecular weight is 338 g/mol. The molecule has 2 heterocycles. The van der Waals surface area contributed by atoms with Crippen LogP contribution in [0.3, 0.4) is 0 Å². The summed E-state index contributed by atoms with van der Waals surface area (Å²) in [4.78, 5) is 8.72. The molecule has 1 N–H and O–H groups in total. The number of alkyl halides is 2. The molecular formula is C12H14ClF2N3O2S. The SMILES string of the molecule is O=S1CCc2nc(Cl)nc(NC3(COC(F)F)CCC3)c21. The van der Waals surface area contributed by atoms with E-state index in [1.54, 1.807) is 0 Å². The van der Waals surface area contributed by atoms with Crippen LogP contribution in [0.25, 0.3) is 0 Å². The Morgan fingerprint density at radius 3 is 2.81 bits per heavy atom. The van der Waals surface area contributed by atoms with Gasteiger partial charge in [0.05, 0.1) is 28.6 Å². The monoisotopic (exact) mass is 337 g/mol. The minimum absolute atomic E-state index is 0.0689. The highest BCUT2D eigenvalue weighted by molar-refractivity contribution is 7.85. The van der Waals surface area contributed by atoms with E-state index >= 15 is 0 Å². The lowest BCUT2D eigenvalue weighted by molar-refractivity contribution is -0.145. The van der Waals surface area contributed by atoms with Crippen LogP contribution >= 0.6 is 11.6 Å². The maximum Gasteiger partial charge on any atom is 0.345 e. The number of anilines is 1. The largest absolute Gasteiger partial charge is 0.361 e. The number of aromatic nitrogens is 2. The lowest BCUT2D eigenvalue weighted by Crippen LogP contribution is -2.50. The van der Waals surface area contributed by atoms with Gasteiger partial charge in [0.25, 0.3) is 0 Å². The van der Waals surface area contributed by atoms with E-state index in [4.69, 9.17) is 11.6 Å². The van der Waals surface area contributed by atoms with Gasteiger partial charge < -0.3 is 10.1 Å². The lowest BCUT2D eigenvalue weighted by Gasteiger charge is -2.42. The fraction of sp³-hybridized carbons (Fsp3) is 0.667. The second-order valence-electron chi connectivity index (χ2n) is 5.25. The molecule has 5 nitrogen and oxygen atoms in total. The summed E-state index contributed by atoms with van der Waals surface area (Å²) >= 11 is 5.88. The third-order valence-corrected chi connectivity index (χ3v) is 5.47. The van der Waals surface area contributed by atoms with Crippen molar-refractivity contribution in [1.29, 1.82) is 0 Å². The molecule has 0 spiro atoms. The van der Waals surface area contributed by atoms with Gasteiger partial charge in [-0.3, -0.25) is 4.21 Å². The van der Waals surface area contributed by atoms with E-state index in [-0.39, 0.29) is 11.9 Å². The number of fused-ring (bicyclic) bond motifs is 1. The molecule has 1 atom stereocenters. The van der Waals surface area contributed by atoms with Crippen molar-refractivity contribution in [3.05, 3.63) is 11.0 Å². The molecule has 0 saturated heterocycles. The fourth-order valence-electron chi connectivity index (χ4n) is 2.63. The lowest BCUT2D eigenvalue weighted by atomic mass is 9.77. The van der Waals surface area contributed by atoms with E-state index < -0.39 is 22.9 Å². The van der Waals surface area contributed by atoms with Gasteiger partial charge in [0, 0.05) is 12.2 Å². The smallest absolute Gasteiger partial charge is 0.345 e. The standard InChI is InChI=1S/C12H14ClF2N3O2S/c13-10-16-7-2-5-21(19)8(7)9(17-10)18-12(3-1-4-12)6-20-11(14)15/h11H,1-6H2,(H,16,17,18). The van der Waals surface area contributed by atoms with E-state index in [0.717, 1.165) is 6.42 Å². The minimum Gasteiger partial charge on any atom is -0.361 e. The fourth-order valence-corrected chi connectivity index (χ4v) is 4.13. The van der Waals surface area contributed by atoms with Crippen molar-refractivity contribution in [3.63, 3.8) is 0 Å². The molecular weight excluding hydrogens is 324 g/mol. The topological polar surface area (TPSA) is 64.1 Å². The van der Waals surface area contributed by atoms with Gasteiger partial charge in [0.2, 0.25) is 5.28 Å². The number of ether oxygens (including phenoxy) is 1. The summed E-state index contributed by atoms with van der Waals surface area (Å²) in [5, 5.41) is 3.20. The normalized spacial score (nSPS) is 23.0. The summed E-state index contributed by atoms with van der Waals surface area (Å²) in [5.41, 5.74) is 0.0781. The first kappa shape index (κ1) is 15.1. The number of hydrogen-bond acceptors (Lipinski definition) is 5. The summed E-state index contributed by atoms with van der Waals surface area (Å²) in [7, 11) is -1.18. The molecule has 9 heteroatoms. The van der Waals surface area contributed by atoms with Gasteiger partial charge in [-0.25, -0.2) is 4.98 Å². The number of rotatable bonds is 5. The Kier molecular flexibility index (Phi) is 4.11. The molecule has 2 aliphatic rings. The van der Waals surface area contributed by atoms with Gasteiger partial charge in [-0.2, -0.15) is 13.8 Å². The van der Waals surface area contributed by atoms with Crippen molar-refractivity contribution < 1.29 is 17.7 Å². The maximum absolute atomic E-state index is 12.3. The van der Waals surface area contributed by atoms with Gasteiger partial charge in [-0.1, -0.05) is 0 Å². The number of halogens is 3. The molecule has 1 aliphatic carbocycles. The van der Waals surface area contributed by atoms with Crippen molar-refractivity contribution in [3.8, 4) is 0 Å². The number of aryl methyl sites for hydroxylation is 1. The van der Waals surface area contributed by atoms with E-state index in [2.05, 4.69) is 20.0 Å². The molecule has 1 saturated carbocycles. The molecule has 0 aromatic carbocycles. The molecule has 1 aromatic rings. The maximum atomic E-state index is 12.3. The molecule has 3 rings (SSSR count). The molecule has 1 aliphatic heterocycles. The van der Waals surface area contributed by atoms with Crippen LogP contribution in [0.2, 0.25) is 5.28 Å². The molecule has 1 fully saturated rings. The molecule has 116 valence electrons. The molecule has 0 bridgehead atoms. The van der Waals surface area contributed by atoms with E-state index in [1.165, 1.54) is 0 Å². The first-order valence-corrected chi connectivity index (χ1v) is 8.31. The van der Waals surface area contributed by atoms with E-state index in [9.17, 15) is 13.0 Å². The molecule has 1 unspecified atom stereocenters. The van der Waals surface area contributed by atoms with Gasteiger partial charge in [-0.15, -0.1) is 0 Å². The van der Waals surface area contributed by atoms with Crippen LogP contribution in [0.15, 0.2) is 4.90 Å². The van der Waals surface area contributed by atoms with Gasteiger partial charge in [0.1, 0.15) is 10.7 Å². The Morgan fingerprint density at radius 2 is 2.19 bits per heavy atom. The predicted molar refractivity (Wildman–Crippen MR) is 74.2 cm³/mol. The van der Waals surface area contributed by atoms with Crippen molar-refractivity contribution in [2.24, 2.45) is 0 Å². The van der Waals surface area contributed by atoms with Gasteiger partial charge in [0.15, 0.2) is 0 Å². The summed E-state index contributed by atoms with van der Waals surface area (Å²) in [6.07, 6.45) is 2.90. The molecule has 0 radical (unpaired) electrons. The van der Waals surface area contributed by atoms with Gasteiger partial charge in [-0.05, 0) is 30.9 Å². The van der Waals surface area contributed by atoms with Crippen molar-refractivity contribution in [2.75, 3.05) is 17.7 Å². The van der Waals surface area contributed by atoms with Crippen LogP contribution in [0, 0.1) is 0 Å². The van der Waals surface area contributed by atoms with Crippen molar-refractivity contribution in [1.82, 2.24) is 9.97 Å². The minimum atomic E-state index is -2.81. The molecule has 1 aromatic heterocycles. The Balaban J connectivity index is 1.85. The number of nitrogens with one attached hydrogen (secondary N) is 1. The predicted octanol–water partition coefficient (Wildman–Crippen LogP) is 2.37. The summed E-state index contributed by atoms with van der Waals surface area (Å²) in [6, 6.07) is 0. The third-order valence-electron chi connectivity index (χ3n) is 3.84. The zero-order valence-corrected chi connectivity index (χ0v) is 12.6. The zero-order valence-electron chi connectivity index (χ0n) is 11.1. The van der Waals surface area contributed by atoms with Crippen molar-refractivity contribution >= 4 is 28.2 Å². The molecule has 21 heavy (non-hydrogen) atoms. The highest BCUT2D eigenvalue weighted by Gasteiger charge is 2.40. The number of hydrogen-bond donors (Lipinski definition) is 1. The summed E-state index contributed by atoms with van der Waals surface area (Å²) in [6.45, 7) is -2.92. The van der Waals surface area contributed by atoms with Crippen molar-refractivity contribution in [2.45, 2.75) is 42.7 Å². The van der Waals surface area contributed by atoms with Crippen LogP contribution in [-0.2, 0) is 22.0 Å². The molecule has 0 amide bonds. The Bertz CT molecular complexity index is 584. The summed E-state index contributed by atoms with van der Waals surface area (Å²) < 4.78 is 41.0. The Labute approximate surface area is 127 Å². The second kappa shape index (κ2) is 5.73. The zero-order chi connectivity index (χ0) is 15.0.